The third kappa shape index (κ3) is 3.73. The van der Waals surface area contributed by atoms with Crippen LogP contribution in [0.3, 0.4) is 0 Å². The number of aryl methyl sites for hydroxylation is 1. The average Bonchev–Trinajstić information content (AvgIpc) is 2.72. The zero-order valence-corrected chi connectivity index (χ0v) is 15.0. The highest BCUT2D eigenvalue weighted by Gasteiger charge is 2.25. The monoisotopic (exact) mass is 351 g/mol. The van der Waals surface area contributed by atoms with E-state index in [0.717, 1.165) is 56.9 Å². The molecule has 0 bridgehead atoms. The largest absolute Gasteiger partial charge is 0.378 e. The van der Waals surface area contributed by atoms with Crippen molar-refractivity contribution in [3.8, 4) is 0 Å². The van der Waals surface area contributed by atoms with E-state index in [1.165, 1.54) is 11.1 Å². The second-order valence-corrected chi connectivity index (χ2v) is 6.99. The molecule has 1 aromatic carbocycles. The summed E-state index contributed by atoms with van der Waals surface area (Å²) in [6.07, 6.45) is 4.94. The van der Waals surface area contributed by atoms with Crippen molar-refractivity contribution >= 4 is 11.7 Å². The molecule has 136 valence electrons. The number of anilines is 1. The highest BCUT2D eigenvalue weighted by atomic mass is 16.5. The van der Waals surface area contributed by atoms with Gasteiger partial charge in [0, 0.05) is 25.8 Å². The number of fused-ring (bicyclic) bond motifs is 1. The Balaban J connectivity index is 1.36. The van der Waals surface area contributed by atoms with Crippen molar-refractivity contribution in [2.75, 3.05) is 31.2 Å². The molecular formula is C21H25N3O2. The average molecular weight is 351 g/mol. The molecular weight excluding hydrogens is 326 g/mol. The molecule has 0 spiro atoms. The molecule has 1 aromatic heterocycles. The molecule has 26 heavy (non-hydrogen) atoms. The van der Waals surface area contributed by atoms with Crippen molar-refractivity contribution in [2.24, 2.45) is 0 Å². The Hall–Kier alpha value is -2.40. The molecule has 5 nitrogen and oxygen atoms in total. The zero-order chi connectivity index (χ0) is 17.8. The molecule has 0 radical (unpaired) electrons. The maximum absolute atomic E-state index is 12.7. The molecule has 2 heterocycles. The van der Waals surface area contributed by atoms with Crippen LogP contribution in [0.15, 0.2) is 42.6 Å². The number of nitrogens with zero attached hydrogens (tertiary/aromatic N) is 2. The first kappa shape index (κ1) is 17.0. The third-order valence-corrected chi connectivity index (χ3v) is 5.30. The molecule has 2 aliphatic rings. The number of hydrogen-bond acceptors (Lipinski definition) is 4. The fourth-order valence-electron chi connectivity index (χ4n) is 3.84. The van der Waals surface area contributed by atoms with Crippen molar-refractivity contribution in [3.05, 3.63) is 59.3 Å². The Labute approximate surface area is 154 Å². The molecule has 1 saturated heterocycles. The van der Waals surface area contributed by atoms with Gasteiger partial charge in [0.05, 0.1) is 19.1 Å². The highest BCUT2D eigenvalue weighted by Crippen LogP contribution is 2.31. The van der Waals surface area contributed by atoms with Crippen LogP contribution in [-0.2, 0) is 22.5 Å². The molecule has 0 saturated carbocycles. The Kier molecular flexibility index (Phi) is 5.16. The number of rotatable bonds is 4. The van der Waals surface area contributed by atoms with E-state index in [-0.39, 0.29) is 11.8 Å². The fourth-order valence-corrected chi connectivity index (χ4v) is 3.84. The van der Waals surface area contributed by atoms with Gasteiger partial charge in [-0.05, 0) is 42.0 Å². The van der Waals surface area contributed by atoms with Gasteiger partial charge in [-0.3, -0.25) is 4.79 Å². The van der Waals surface area contributed by atoms with Crippen molar-refractivity contribution in [1.29, 1.82) is 0 Å². The summed E-state index contributed by atoms with van der Waals surface area (Å²) < 4.78 is 5.38. The minimum absolute atomic E-state index is 0.0273. The predicted octanol–water partition coefficient (Wildman–Crippen LogP) is 2.65. The molecule has 1 N–H and O–H groups in total. The second kappa shape index (κ2) is 7.87. The van der Waals surface area contributed by atoms with Crippen LogP contribution in [-0.4, -0.2) is 37.2 Å². The second-order valence-electron chi connectivity index (χ2n) is 6.99. The summed E-state index contributed by atoms with van der Waals surface area (Å²) in [7, 11) is 0. The van der Waals surface area contributed by atoms with Crippen LogP contribution in [0, 0.1) is 0 Å². The zero-order valence-electron chi connectivity index (χ0n) is 15.0. The minimum Gasteiger partial charge on any atom is -0.378 e. The van der Waals surface area contributed by atoms with E-state index in [4.69, 9.17) is 4.74 Å². The van der Waals surface area contributed by atoms with E-state index in [0.29, 0.717) is 6.54 Å². The van der Waals surface area contributed by atoms with E-state index in [2.05, 4.69) is 33.4 Å². The standard InChI is InChI=1S/C21H25N3O2/c25-21(19-7-3-5-17-4-1-2-6-18(17)19)23-15-16-8-9-20(22-14-16)24-10-12-26-13-11-24/h1-2,4,6,8-9,14,19H,3,5,7,10-13,15H2,(H,23,25). The van der Waals surface area contributed by atoms with Gasteiger partial charge in [-0.2, -0.15) is 0 Å². The van der Waals surface area contributed by atoms with Crippen molar-refractivity contribution < 1.29 is 9.53 Å². The molecule has 1 fully saturated rings. The maximum atomic E-state index is 12.7. The molecule has 1 amide bonds. The van der Waals surface area contributed by atoms with Gasteiger partial charge in [-0.15, -0.1) is 0 Å². The fraction of sp³-hybridized carbons (Fsp3) is 0.429. The van der Waals surface area contributed by atoms with Gasteiger partial charge < -0.3 is 15.0 Å². The van der Waals surface area contributed by atoms with Crippen LogP contribution in [0.2, 0.25) is 0 Å². The lowest BCUT2D eigenvalue weighted by Crippen LogP contribution is -2.36. The smallest absolute Gasteiger partial charge is 0.227 e. The molecule has 1 aliphatic heterocycles. The number of ether oxygens (including phenoxy) is 1. The number of nitrogens with one attached hydrogen (secondary N) is 1. The number of morpholine rings is 1. The first-order valence-electron chi connectivity index (χ1n) is 9.44. The van der Waals surface area contributed by atoms with Crippen LogP contribution in [0.25, 0.3) is 0 Å². The van der Waals surface area contributed by atoms with Gasteiger partial charge in [0.15, 0.2) is 0 Å². The predicted molar refractivity (Wildman–Crippen MR) is 101 cm³/mol. The number of hydrogen-bond donors (Lipinski definition) is 1. The van der Waals surface area contributed by atoms with E-state index in [9.17, 15) is 4.79 Å². The quantitative estimate of drug-likeness (QED) is 0.920. The normalized spacial score (nSPS) is 19.7. The van der Waals surface area contributed by atoms with Gasteiger partial charge in [-0.25, -0.2) is 4.98 Å². The first-order valence-corrected chi connectivity index (χ1v) is 9.44. The van der Waals surface area contributed by atoms with Gasteiger partial charge in [0.1, 0.15) is 5.82 Å². The van der Waals surface area contributed by atoms with Crippen LogP contribution in [0.1, 0.15) is 35.4 Å². The number of benzene rings is 1. The Morgan fingerprint density at radius 1 is 1.19 bits per heavy atom. The van der Waals surface area contributed by atoms with Crippen LogP contribution in [0.4, 0.5) is 5.82 Å². The van der Waals surface area contributed by atoms with Crippen molar-refractivity contribution in [2.45, 2.75) is 31.7 Å². The van der Waals surface area contributed by atoms with Crippen molar-refractivity contribution in [3.63, 3.8) is 0 Å². The molecule has 1 atom stereocenters. The van der Waals surface area contributed by atoms with Gasteiger partial charge in [0.25, 0.3) is 0 Å². The van der Waals surface area contributed by atoms with E-state index < -0.39 is 0 Å². The molecule has 1 aliphatic carbocycles. The molecule has 5 heteroatoms. The summed E-state index contributed by atoms with van der Waals surface area (Å²) in [6.45, 7) is 3.78. The van der Waals surface area contributed by atoms with E-state index >= 15 is 0 Å². The Bertz CT molecular complexity index is 754. The summed E-state index contributed by atoms with van der Waals surface area (Å²) in [5.74, 6) is 1.07. The first-order chi connectivity index (χ1) is 12.8. The van der Waals surface area contributed by atoms with Gasteiger partial charge in [0.2, 0.25) is 5.91 Å². The lowest BCUT2D eigenvalue weighted by atomic mass is 9.82. The number of aromatic nitrogens is 1. The summed E-state index contributed by atoms with van der Waals surface area (Å²) >= 11 is 0. The van der Waals surface area contributed by atoms with Crippen molar-refractivity contribution in [1.82, 2.24) is 10.3 Å². The van der Waals surface area contributed by atoms with Crippen LogP contribution >= 0.6 is 0 Å². The number of carbonyl (C=O) groups excluding carboxylic acids is 1. The number of pyridine rings is 1. The van der Waals surface area contributed by atoms with Crippen LogP contribution in [0.5, 0.6) is 0 Å². The van der Waals surface area contributed by atoms with Gasteiger partial charge in [-0.1, -0.05) is 30.3 Å². The number of carbonyl (C=O) groups is 1. The maximum Gasteiger partial charge on any atom is 0.227 e. The summed E-state index contributed by atoms with van der Waals surface area (Å²) in [5.41, 5.74) is 3.53. The highest BCUT2D eigenvalue weighted by molar-refractivity contribution is 5.84. The third-order valence-electron chi connectivity index (χ3n) is 5.30. The SMILES string of the molecule is O=C(NCc1ccc(N2CCOCC2)nc1)C1CCCc2ccccc21. The topological polar surface area (TPSA) is 54.5 Å². The Morgan fingerprint density at radius 2 is 2.04 bits per heavy atom. The lowest BCUT2D eigenvalue weighted by molar-refractivity contribution is -0.123. The Morgan fingerprint density at radius 3 is 2.85 bits per heavy atom. The van der Waals surface area contributed by atoms with Gasteiger partial charge >= 0.3 is 0 Å². The summed E-state index contributed by atoms with van der Waals surface area (Å²) in [6, 6.07) is 12.4. The molecule has 4 rings (SSSR count). The van der Waals surface area contributed by atoms with E-state index in [1.54, 1.807) is 0 Å². The minimum atomic E-state index is -0.0273. The molecule has 1 unspecified atom stereocenters. The summed E-state index contributed by atoms with van der Waals surface area (Å²) in [4.78, 5) is 19.5. The van der Waals surface area contributed by atoms with Crippen LogP contribution < -0.4 is 10.2 Å². The molecule has 2 aromatic rings. The number of amides is 1. The summed E-state index contributed by atoms with van der Waals surface area (Å²) in [5, 5.41) is 3.10. The van der Waals surface area contributed by atoms with E-state index in [1.807, 2.05) is 24.4 Å². The lowest BCUT2D eigenvalue weighted by Gasteiger charge is -2.27.